The number of benzene rings is 1. The number of aryl methyl sites for hydroxylation is 1. The lowest BCUT2D eigenvalue weighted by atomic mass is 10.1. The third-order valence-corrected chi connectivity index (χ3v) is 3.27. The number of thioether (sulfide) groups is 1. The van der Waals surface area contributed by atoms with E-state index in [1.165, 1.54) is 29.9 Å². The van der Waals surface area contributed by atoms with E-state index in [4.69, 9.17) is 0 Å². The second-order valence-corrected chi connectivity index (χ2v) is 4.05. The summed E-state index contributed by atoms with van der Waals surface area (Å²) in [6.07, 6.45) is 4.02. The van der Waals surface area contributed by atoms with Crippen LogP contribution in [-0.2, 0) is 6.42 Å². The molecule has 0 fully saturated rings. The first kappa shape index (κ1) is 14.6. The first-order valence-electron chi connectivity index (χ1n) is 6.17. The van der Waals surface area contributed by atoms with Crippen molar-refractivity contribution < 1.29 is 0 Å². The van der Waals surface area contributed by atoms with Gasteiger partial charge in [0, 0.05) is 4.90 Å². The van der Waals surface area contributed by atoms with E-state index in [0.29, 0.717) is 0 Å². The van der Waals surface area contributed by atoms with Crippen LogP contribution in [0.3, 0.4) is 0 Å². The van der Waals surface area contributed by atoms with Crippen LogP contribution in [0, 0.1) is 0 Å². The summed E-state index contributed by atoms with van der Waals surface area (Å²) in [5.74, 6) is 1.30. The van der Waals surface area contributed by atoms with Crippen molar-refractivity contribution in [1.29, 1.82) is 0 Å². The van der Waals surface area contributed by atoms with E-state index in [9.17, 15) is 0 Å². The second kappa shape index (κ2) is 10.1. The van der Waals surface area contributed by atoms with Crippen molar-refractivity contribution in [2.24, 2.45) is 0 Å². The van der Waals surface area contributed by atoms with Crippen LogP contribution >= 0.6 is 11.8 Å². The summed E-state index contributed by atoms with van der Waals surface area (Å²) in [5.41, 5.74) is 1.55. The van der Waals surface area contributed by atoms with Gasteiger partial charge in [-0.25, -0.2) is 0 Å². The first-order chi connectivity index (χ1) is 7.47. The Hall–Kier alpha value is -0.430. The Kier molecular flexibility index (Phi) is 9.81. The smallest absolute Gasteiger partial charge is 0.0104 e. The summed E-state index contributed by atoms with van der Waals surface area (Å²) in [6.45, 7) is 8.00. The summed E-state index contributed by atoms with van der Waals surface area (Å²) in [6, 6.07) is 8.78. The zero-order chi connectivity index (χ0) is 11.5. The maximum absolute atomic E-state index is 2.26. The maximum atomic E-state index is 2.26. The third kappa shape index (κ3) is 5.27. The Morgan fingerprint density at radius 2 is 1.60 bits per heavy atom. The Bertz CT molecular complexity index is 218. The summed E-state index contributed by atoms with van der Waals surface area (Å²) >= 11 is 2.01. The Balaban J connectivity index is 0.000000442. The lowest BCUT2D eigenvalue weighted by molar-refractivity contribution is 0.804. The van der Waals surface area contributed by atoms with Gasteiger partial charge < -0.3 is 0 Å². The highest BCUT2D eigenvalue weighted by Crippen LogP contribution is 2.28. The van der Waals surface area contributed by atoms with Crippen LogP contribution in [0.4, 0.5) is 0 Å². The average molecular weight is 224 g/mol. The molecule has 0 saturated carbocycles. The normalized spacial score (nSPS) is 13.3. The standard InChI is InChI=1S/C10H12S.2C2H6/c1-2-7-10-9(5-1)6-3-4-8-11-10;2*1-2/h1-2,5,7H,3-4,6,8H2;2*1-2H3. The van der Waals surface area contributed by atoms with Gasteiger partial charge in [-0.1, -0.05) is 45.9 Å². The maximum Gasteiger partial charge on any atom is 0.0104 e. The molecule has 1 aromatic carbocycles. The highest BCUT2D eigenvalue weighted by molar-refractivity contribution is 7.99. The lowest BCUT2D eigenvalue weighted by Gasteiger charge is -2.01. The Labute approximate surface area is 99.5 Å². The van der Waals surface area contributed by atoms with Crippen molar-refractivity contribution in [3.05, 3.63) is 29.8 Å². The number of hydrogen-bond acceptors (Lipinski definition) is 1. The van der Waals surface area contributed by atoms with Gasteiger partial charge in [0.25, 0.3) is 0 Å². The van der Waals surface area contributed by atoms with Crippen LogP contribution in [0.1, 0.15) is 46.1 Å². The molecule has 2 rings (SSSR count). The van der Waals surface area contributed by atoms with Gasteiger partial charge in [-0.2, -0.15) is 0 Å². The zero-order valence-electron chi connectivity index (χ0n) is 10.5. The van der Waals surface area contributed by atoms with E-state index in [-0.39, 0.29) is 0 Å². The lowest BCUT2D eigenvalue weighted by Crippen LogP contribution is -1.83. The molecule has 0 amide bonds. The summed E-state index contributed by atoms with van der Waals surface area (Å²) in [7, 11) is 0. The molecule has 0 spiro atoms. The molecule has 0 nitrogen and oxygen atoms in total. The van der Waals surface area contributed by atoms with Gasteiger partial charge in [-0.15, -0.1) is 11.8 Å². The van der Waals surface area contributed by atoms with E-state index >= 15 is 0 Å². The largest absolute Gasteiger partial charge is 0.126 e. The van der Waals surface area contributed by atoms with Crippen LogP contribution in [-0.4, -0.2) is 5.75 Å². The van der Waals surface area contributed by atoms with Crippen LogP contribution < -0.4 is 0 Å². The topological polar surface area (TPSA) is 0 Å². The quantitative estimate of drug-likeness (QED) is 0.586. The third-order valence-electron chi connectivity index (χ3n) is 2.07. The van der Waals surface area contributed by atoms with Gasteiger partial charge in [0.15, 0.2) is 0 Å². The van der Waals surface area contributed by atoms with Crippen molar-refractivity contribution in [1.82, 2.24) is 0 Å². The first-order valence-corrected chi connectivity index (χ1v) is 7.16. The van der Waals surface area contributed by atoms with E-state index < -0.39 is 0 Å². The van der Waals surface area contributed by atoms with Crippen molar-refractivity contribution in [2.75, 3.05) is 5.75 Å². The monoisotopic (exact) mass is 224 g/mol. The molecule has 1 aliphatic heterocycles. The van der Waals surface area contributed by atoms with Crippen molar-refractivity contribution in [3.63, 3.8) is 0 Å². The molecule has 0 saturated heterocycles. The molecule has 1 heteroatoms. The number of fused-ring (bicyclic) bond motifs is 1. The molecular formula is C14H24S. The molecule has 0 bridgehead atoms. The molecule has 15 heavy (non-hydrogen) atoms. The molecule has 0 aliphatic carbocycles. The molecule has 0 atom stereocenters. The Morgan fingerprint density at radius 3 is 2.33 bits per heavy atom. The van der Waals surface area contributed by atoms with Crippen LogP contribution in [0.5, 0.6) is 0 Å². The van der Waals surface area contributed by atoms with Crippen LogP contribution in [0.15, 0.2) is 29.2 Å². The van der Waals surface area contributed by atoms with Gasteiger partial charge in [-0.05, 0) is 36.6 Å². The fraction of sp³-hybridized carbons (Fsp3) is 0.571. The van der Waals surface area contributed by atoms with Gasteiger partial charge in [0.2, 0.25) is 0 Å². The average Bonchev–Trinajstić information content (AvgIpc) is 2.59. The molecule has 1 aliphatic rings. The van der Waals surface area contributed by atoms with Gasteiger partial charge >= 0.3 is 0 Å². The SMILES string of the molecule is CC.CC.c1ccc2c(c1)CCCCS2. The van der Waals surface area contributed by atoms with Gasteiger partial charge in [0.05, 0.1) is 0 Å². The number of rotatable bonds is 0. The van der Waals surface area contributed by atoms with E-state index in [1.807, 2.05) is 39.5 Å². The predicted octanol–water partition coefficient (Wildman–Crippen LogP) is 5.17. The number of hydrogen-bond donors (Lipinski definition) is 0. The van der Waals surface area contributed by atoms with Crippen molar-refractivity contribution in [2.45, 2.75) is 51.9 Å². The minimum atomic E-state index is 1.28. The van der Waals surface area contributed by atoms with E-state index in [2.05, 4.69) is 24.3 Å². The molecule has 0 aromatic heterocycles. The fourth-order valence-corrected chi connectivity index (χ4v) is 2.55. The predicted molar refractivity (Wildman–Crippen MR) is 72.8 cm³/mol. The van der Waals surface area contributed by atoms with E-state index in [1.54, 1.807) is 5.56 Å². The Morgan fingerprint density at radius 1 is 0.933 bits per heavy atom. The van der Waals surface area contributed by atoms with Crippen molar-refractivity contribution >= 4 is 11.8 Å². The molecule has 86 valence electrons. The van der Waals surface area contributed by atoms with Crippen LogP contribution in [0.2, 0.25) is 0 Å². The molecule has 0 radical (unpaired) electrons. The highest BCUT2D eigenvalue weighted by Gasteiger charge is 2.05. The zero-order valence-corrected chi connectivity index (χ0v) is 11.4. The molecule has 0 N–H and O–H groups in total. The molecule has 0 unspecified atom stereocenters. The molecule has 1 heterocycles. The van der Waals surface area contributed by atoms with Crippen molar-refractivity contribution in [3.8, 4) is 0 Å². The van der Waals surface area contributed by atoms with Gasteiger partial charge in [-0.3, -0.25) is 0 Å². The summed E-state index contributed by atoms with van der Waals surface area (Å²) < 4.78 is 0. The highest BCUT2D eigenvalue weighted by atomic mass is 32.2. The summed E-state index contributed by atoms with van der Waals surface area (Å²) in [4.78, 5) is 1.50. The van der Waals surface area contributed by atoms with E-state index in [0.717, 1.165) is 0 Å². The minimum absolute atomic E-state index is 1.28. The fourth-order valence-electron chi connectivity index (χ4n) is 1.45. The summed E-state index contributed by atoms with van der Waals surface area (Å²) in [5, 5.41) is 0. The second-order valence-electron chi connectivity index (χ2n) is 2.91. The molecule has 1 aromatic rings. The minimum Gasteiger partial charge on any atom is -0.126 e. The van der Waals surface area contributed by atoms with Crippen LogP contribution in [0.25, 0.3) is 0 Å². The van der Waals surface area contributed by atoms with Gasteiger partial charge in [0.1, 0.15) is 0 Å². The molecular weight excluding hydrogens is 200 g/mol.